The van der Waals surface area contributed by atoms with Crippen molar-refractivity contribution in [2.45, 2.75) is 52.4 Å². The van der Waals surface area contributed by atoms with Crippen molar-refractivity contribution < 1.29 is 5.11 Å². The average Bonchev–Trinajstić information content (AvgIpc) is 2.48. The van der Waals surface area contributed by atoms with Crippen molar-refractivity contribution in [1.29, 1.82) is 0 Å². The maximum Gasteiger partial charge on any atom is 0.0471 e. The van der Waals surface area contributed by atoms with Gasteiger partial charge in [-0.2, -0.15) is 0 Å². The molecule has 0 aliphatic heterocycles. The van der Waals surface area contributed by atoms with E-state index in [-0.39, 0.29) is 12.5 Å². The Labute approximate surface area is 118 Å². The minimum Gasteiger partial charge on any atom is -0.396 e. The Morgan fingerprint density at radius 2 is 1.89 bits per heavy atom. The highest BCUT2D eigenvalue weighted by Gasteiger charge is 2.18. The summed E-state index contributed by atoms with van der Waals surface area (Å²) in [5, 5.41) is 9.36. The maximum absolute atomic E-state index is 9.36. The molecule has 1 aromatic carbocycles. The SMILES string of the molecule is CCc1ccc(CC)c(C(CC)CC(CN)CO)c1. The molecule has 1 rings (SSSR count). The number of hydrogen-bond donors (Lipinski definition) is 2. The smallest absolute Gasteiger partial charge is 0.0471 e. The fourth-order valence-corrected chi connectivity index (χ4v) is 2.73. The van der Waals surface area contributed by atoms with Gasteiger partial charge in [-0.1, -0.05) is 39.0 Å². The van der Waals surface area contributed by atoms with Gasteiger partial charge in [-0.05, 0) is 60.8 Å². The van der Waals surface area contributed by atoms with Crippen molar-refractivity contribution in [3.05, 3.63) is 34.9 Å². The molecule has 2 atom stereocenters. The van der Waals surface area contributed by atoms with Crippen LogP contribution in [0.2, 0.25) is 0 Å². The summed E-state index contributed by atoms with van der Waals surface area (Å²) >= 11 is 0. The molecule has 0 bridgehead atoms. The molecule has 108 valence electrons. The van der Waals surface area contributed by atoms with Crippen molar-refractivity contribution in [3.63, 3.8) is 0 Å². The van der Waals surface area contributed by atoms with E-state index in [9.17, 15) is 5.11 Å². The van der Waals surface area contributed by atoms with Gasteiger partial charge in [-0.3, -0.25) is 0 Å². The van der Waals surface area contributed by atoms with Gasteiger partial charge in [-0.25, -0.2) is 0 Å². The Morgan fingerprint density at radius 1 is 1.16 bits per heavy atom. The van der Waals surface area contributed by atoms with E-state index >= 15 is 0 Å². The van der Waals surface area contributed by atoms with Gasteiger partial charge in [0.05, 0.1) is 0 Å². The van der Waals surface area contributed by atoms with Crippen LogP contribution in [0.5, 0.6) is 0 Å². The molecule has 0 fully saturated rings. The second-order valence-corrected chi connectivity index (χ2v) is 5.37. The van der Waals surface area contributed by atoms with Gasteiger partial charge in [0.1, 0.15) is 0 Å². The second-order valence-electron chi connectivity index (χ2n) is 5.37. The summed E-state index contributed by atoms with van der Waals surface area (Å²) in [4.78, 5) is 0. The highest BCUT2D eigenvalue weighted by atomic mass is 16.3. The molecule has 1 aromatic rings. The Hall–Kier alpha value is -0.860. The summed E-state index contributed by atoms with van der Waals surface area (Å²) in [6.45, 7) is 7.41. The first-order valence-corrected chi connectivity index (χ1v) is 7.62. The topological polar surface area (TPSA) is 46.2 Å². The van der Waals surface area contributed by atoms with Crippen LogP contribution in [0.3, 0.4) is 0 Å². The van der Waals surface area contributed by atoms with Gasteiger partial charge in [0.15, 0.2) is 0 Å². The minimum atomic E-state index is 0.196. The normalized spacial score (nSPS) is 14.4. The third-order valence-electron chi connectivity index (χ3n) is 4.14. The molecular formula is C17H29NO. The zero-order chi connectivity index (χ0) is 14.3. The lowest BCUT2D eigenvalue weighted by Gasteiger charge is -2.23. The number of hydrogen-bond acceptors (Lipinski definition) is 2. The molecule has 0 saturated carbocycles. The molecule has 0 saturated heterocycles. The van der Waals surface area contributed by atoms with Crippen LogP contribution >= 0.6 is 0 Å². The number of nitrogens with two attached hydrogens (primary N) is 1. The van der Waals surface area contributed by atoms with E-state index in [1.165, 1.54) is 16.7 Å². The fraction of sp³-hybridized carbons (Fsp3) is 0.647. The summed E-state index contributed by atoms with van der Waals surface area (Å²) in [6, 6.07) is 6.87. The highest BCUT2D eigenvalue weighted by Crippen LogP contribution is 2.30. The monoisotopic (exact) mass is 263 g/mol. The molecule has 0 amide bonds. The Balaban J connectivity index is 3.01. The summed E-state index contributed by atoms with van der Waals surface area (Å²) in [5.74, 6) is 0.738. The summed E-state index contributed by atoms with van der Waals surface area (Å²) in [5.41, 5.74) is 10.0. The van der Waals surface area contributed by atoms with Crippen LogP contribution in [0.15, 0.2) is 18.2 Å². The first-order chi connectivity index (χ1) is 9.19. The molecule has 0 aromatic heterocycles. The number of aliphatic hydroxyl groups excluding tert-OH is 1. The Morgan fingerprint density at radius 3 is 2.37 bits per heavy atom. The predicted molar refractivity (Wildman–Crippen MR) is 82.5 cm³/mol. The van der Waals surface area contributed by atoms with Gasteiger partial charge in [0.25, 0.3) is 0 Å². The molecule has 0 aliphatic rings. The quantitative estimate of drug-likeness (QED) is 0.756. The fourth-order valence-electron chi connectivity index (χ4n) is 2.73. The molecule has 0 aliphatic carbocycles. The molecule has 0 spiro atoms. The zero-order valence-corrected chi connectivity index (χ0v) is 12.7. The predicted octanol–water partition coefficient (Wildman–Crippen LogP) is 3.26. The third kappa shape index (κ3) is 4.32. The van der Waals surface area contributed by atoms with Crippen LogP contribution in [0, 0.1) is 5.92 Å². The van der Waals surface area contributed by atoms with Crippen molar-refractivity contribution >= 4 is 0 Å². The van der Waals surface area contributed by atoms with Gasteiger partial charge >= 0.3 is 0 Å². The first-order valence-electron chi connectivity index (χ1n) is 7.62. The summed E-state index contributed by atoms with van der Waals surface area (Å²) < 4.78 is 0. The second kappa shape index (κ2) is 8.34. The van der Waals surface area contributed by atoms with Crippen LogP contribution in [0.4, 0.5) is 0 Å². The van der Waals surface area contributed by atoms with Crippen molar-refractivity contribution in [2.75, 3.05) is 13.2 Å². The van der Waals surface area contributed by atoms with E-state index in [4.69, 9.17) is 5.73 Å². The number of benzene rings is 1. The highest BCUT2D eigenvalue weighted by molar-refractivity contribution is 5.35. The molecule has 19 heavy (non-hydrogen) atoms. The number of aliphatic hydroxyl groups is 1. The molecule has 2 nitrogen and oxygen atoms in total. The minimum absolute atomic E-state index is 0.196. The molecule has 2 unspecified atom stereocenters. The molecule has 0 radical (unpaired) electrons. The molecule has 2 heteroatoms. The van der Waals surface area contributed by atoms with Crippen molar-refractivity contribution in [3.8, 4) is 0 Å². The Bertz CT molecular complexity index is 372. The van der Waals surface area contributed by atoms with E-state index < -0.39 is 0 Å². The maximum atomic E-state index is 9.36. The van der Waals surface area contributed by atoms with Gasteiger partial charge in [0, 0.05) is 6.61 Å². The van der Waals surface area contributed by atoms with Gasteiger partial charge in [0.2, 0.25) is 0 Å². The number of rotatable bonds is 8. The van der Waals surface area contributed by atoms with E-state index in [0.29, 0.717) is 12.5 Å². The van der Waals surface area contributed by atoms with Crippen LogP contribution < -0.4 is 5.73 Å². The van der Waals surface area contributed by atoms with Gasteiger partial charge in [-0.15, -0.1) is 0 Å². The van der Waals surface area contributed by atoms with Crippen LogP contribution in [-0.4, -0.2) is 18.3 Å². The van der Waals surface area contributed by atoms with Crippen LogP contribution in [0.1, 0.15) is 56.2 Å². The Kier molecular flexibility index (Phi) is 7.11. The largest absolute Gasteiger partial charge is 0.396 e. The van der Waals surface area contributed by atoms with E-state index in [2.05, 4.69) is 39.0 Å². The van der Waals surface area contributed by atoms with E-state index in [1.54, 1.807) is 0 Å². The van der Waals surface area contributed by atoms with Crippen molar-refractivity contribution in [2.24, 2.45) is 11.7 Å². The standard InChI is InChI=1S/C17H29NO/c1-4-13-7-8-15(5-2)17(10-13)16(6-3)9-14(11-18)12-19/h7-8,10,14,16,19H,4-6,9,11-12,18H2,1-3H3. The summed E-state index contributed by atoms with van der Waals surface area (Å²) in [6.07, 6.45) is 4.25. The molecule has 3 N–H and O–H groups in total. The summed E-state index contributed by atoms with van der Waals surface area (Å²) in [7, 11) is 0. The first kappa shape index (κ1) is 16.2. The van der Waals surface area contributed by atoms with E-state index in [0.717, 1.165) is 25.7 Å². The lowest BCUT2D eigenvalue weighted by Crippen LogP contribution is -2.21. The molecule has 0 heterocycles. The zero-order valence-electron chi connectivity index (χ0n) is 12.7. The lowest BCUT2D eigenvalue weighted by molar-refractivity contribution is 0.214. The van der Waals surface area contributed by atoms with Crippen LogP contribution in [0.25, 0.3) is 0 Å². The third-order valence-corrected chi connectivity index (χ3v) is 4.14. The lowest BCUT2D eigenvalue weighted by atomic mass is 9.83. The van der Waals surface area contributed by atoms with Gasteiger partial charge < -0.3 is 10.8 Å². The number of aryl methyl sites for hydroxylation is 2. The van der Waals surface area contributed by atoms with E-state index in [1.807, 2.05) is 0 Å². The van der Waals surface area contributed by atoms with Crippen molar-refractivity contribution in [1.82, 2.24) is 0 Å². The average molecular weight is 263 g/mol. The molecular weight excluding hydrogens is 234 g/mol. The van der Waals surface area contributed by atoms with Crippen LogP contribution in [-0.2, 0) is 12.8 Å².